The Kier molecular flexibility index (Phi) is 7.54. The summed E-state index contributed by atoms with van der Waals surface area (Å²) in [6.45, 7) is -2.43. The molecule has 2 amide bonds. The van der Waals surface area contributed by atoms with Crippen LogP contribution >= 0.6 is 0 Å². The summed E-state index contributed by atoms with van der Waals surface area (Å²) in [7, 11) is 1.54. The summed E-state index contributed by atoms with van der Waals surface area (Å²) in [6, 6.07) is 13.2. The van der Waals surface area contributed by atoms with Gasteiger partial charge in [0.15, 0.2) is 0 Å². The standard InChI is InChI=1S/C19H21F2N3O3/c1-22-18(26)15-4-2-3-5-16(15)24-12-17(25)23-11-10-13-6-8-14(9-7-13)27-19(20)21/h2-9,19,24H,10-12H2,1H3,(H,22,26)(H,23,25). The maximum Gasteiger partial charge on any atom is 0.387 e. The molecule has 8 heteroatoms. The van der Waals surface area contributed by atoms with Crippen molar-refractivity contribution in [3.05, 3.63) is 59.7 Å². The van der Waals surface area contributed by atoms with Crippen LogP contribution in [0.5, 0.6) is 5.75 Å². The van der Waals surface area contributed by atoms with E-state index in [0.717, 1.165) is 5.56 Å². The third kappa shape index (κ3) is 6.58. The average Bonchev–Trinajstić information content (AvgIpc) is 2.67. The molecule has 0 heterocycles. The van der Waals surface area contributed by atoms with Crippen LogP contribution in [0, 0.1) is 0 Å². The van der Waals surface area contributed by atoms with Gasteiger partial charge >= 0.3 is 6.61 Å². The quantitative estimate of drug-likeness (QED) is 0.627. The Bertz CT molecular complexity index is 767. The van der Waals surface area contributed by atoms with Crippen molar-refractivity contribution in [3.8, 4) is 5.75 Å². The molecule has 144 valence electrons. The first-order chi connectivity index (χ1) is 13.0. The van der Waals surface area contributed by atoms with Gasteiger partial charge < -0.3 is 20.7 Å². The second-order valence-corrected chi connectivity index (χ2v) is 5.60. The minimum atomic E-state index is -2.85. The summed E-state index contributed by atoms with van der Waals surface area (Å²) in [4.78, 5) is 23.7. The Labute approximate surface area is 155 Å². The Morgan fingerprint density at radius 3 is 2.44 bits per heavy atom. The number of carbonyl (C=O) groups is 2. The van der Waals surface area contributed by atoms with Crippen molar-refractivity contribution >= 4 is 17.5 Å². The minimum Gasteiger partial charge on any atom is -0.435 e. The van der Waals surface area contributed by atoms with E-state index in [1.54, 1.807) is 36.4 Å². The smallest absolute Gasteiger partial charge is 0.387 e. The highest BCUT2D eigenvalue weighted by Gasteiger charge is 2.10. The lowest BCUT2D eigenvalue weighted by molar-refractivity contribution is -0.119. The van der Waals surface area contributed by atoms with Crippen LogP contribution in [0.25, 0.3) is 0 Å². The predicted molar refractivity (Wildman–Crippen MR) is 98.1 cm³/mol. The lowest BCUT2D eigenvalue weighted by Crippen LogP contribution is -2.32. The number of anilines is 1. The van der Waals surface area contributed by atoms with E-state index in [1.807, 2.05) is 0 Å². The highest BCUT2D eigenvalue weighted by Crippen LogP contribution is 2.15. The lowest BCUT2D eigenvalue weighted by Gasteiger charge is -2.11. The molecule has 2 rings (SSSR count). The number of rotatable bonds is 9. The molecule has 0 aromatic heterocycles. The van der Waals surface area contributed by atoms with E-state index in [0.29, 0.717) is 24.2 Å². The molecule has 0 aliphatic carbocycles. The zero-order valence-corrected chi connectivity index (χ0v) is 14.8. The molecule has 6 nitrogen and oxygen atoms in total. The van der Waals surface area contributed by atoms with Crippen LogP contribution in [-0.2, 0) is 11.2 Å². The molecule has 2 aromatic carbocycles. The van der Waals surface area contributed by atoms with Gasteiger partial charge in [0.25, 0.3) is 5.91 Å². The highest BCUT2D eigenvalue weighted by molar-refractivity contribution is 5.99. The topological polar surface area (TPSA) is 79.5 Å². The molecule has 0 atom stereocenters. The summed E-state index contributed by atoms with van der Waals surface area (Å²) >= 11 is 0. The molecule has 2 aromatic rings. The number of hydrogen-bond acceptors (Lipinski definition) is 4. The summed E-state index contributed by atoms with van der Waals surface area (Å²) in [5, 5.41) is 8.25. The Morgan fingerprint density at radius 2 is 1.78 bits per heavy atom. The number of para-hydroxylation sites is 1. The fourth-order valence-corrected chi connectivity index (χ4v) is 2.39. The van der Waals surface area contributed by atoms with E-state index in [-0.39, 0.29) is 24.1 Å². The van der Waals surface area contributed by atoms with Gasteiger partial charge in [0.2, 0.25) is 5.91 Å². The fourth-order valence-electron chi connectivity index (χ4n) is 2.39. The van der Waals surface area contributed by atoms with Crippen LogP contribution in [0.15, 0.2) is 48.5 Å². The molecule has 0 unspecified atom stereocenters. The molecule has 0 saturated carbocycles. The molecule has 0 aliphatic rings. The van der Waals surface area contributed by atoms with E-state index >= 15 is 0 Å². The second-order valence-electron chi connectivity index (χ2n) is 5.60. The number of halogens is 2. The Hall–Kier alpha value is -3.16. The molecule has 0 aliphatic heterocycles. The predicted octanol–water partition coefficient (Wildman–Crippen LogP) is 2.42. The van der Waals surface area contributed by atoms with Crippen molar-refractivity contribution in [1.29, 1.82) is 0 Å². The number of hydrogen-bond donors (Lipinski definition) is 3. The SMILES string of the molecule is CNC(=O)c1ccccc1NCC(=O)NCCc1ccc(OC(F)F)cc1. The Balaban J connectivity index is 1.76. The lowest BCUT2D eigenvalue weighted by atomic mass is 10.1. The Morgan fingerprint density at radius 1 is 1.07 bits per heavy atom. The van der Waals surface area contributed by atoms with Gasteiger partial charge in [-0.15, -0.1) is 0 Å². The van der Waals surface area contributed by atoms with Crippen molar-refractivity contribution in [1.82, 2.24) is 10.6 Å². The first kappa shape index (κ1) is 20.2. The third-order valence-electron chi connectivity index (χ3n) is 3.72. The normalized spacial score (nSPS) is 10.4. The molecule has 0 bridgehead atoms. The van der Waals surface area contributed by atoms with E-state index in [2.05, 4.69) is 20.7 Å². The van der Waals surface area contributed by atoms with Crippen LogP contribution in [0.4, 0.5) is 14.5 Å². The summed E-state index contributed by atoms with van der Waals surface area (Å²) in [6.07, 6.45) is 0.551. The largest absolute Gasteiger partial charge is 0.435 e. The fraction of sp³-hybridized carbons (Fsp3) is 0.263. The summed E-state index contributed by atoms with van der Waals surface area (Å²) in [5.41, 5.74) is 1.91. The molecule has 0 saturated heterocycles. The van der Waals surface area contributed by atoms with Crippen molar-refractivity contribution < 1.29 is 23.1 Å². The molecular formula is C19H21F2N3O3. The van der Waals surface area contributed by atoms with Crippen molar-refractivity contribution in [2.24, 2.45) is 0 Å². The van der Waals surface area contributed by atoms with Gasteiger partial charge in [-0.25, -0.2) is 0 Å². The molecule has 0 fully saturated rings. The van der Waals surface area contributed by atoms with E-state index in [4.69, 9.17) is 0 Å². The summed E-state index contributed by atoms with van der Waals surface area (Å²) in [5.74, 6) is -0.367. The first-order valence-corrected chi connectivity index (χ1v) is 8.35. The van der Waals surface area contributed by atoms with Gasteiger partial charge in [-0.2, -0.15) is 8.78 Å². The van der Waals surface area contributed by atoms with E-state index in [1.165, 1.54) is 19.2 Å². The first-order valence-electron chi connectivity index (χ1n) is 8.35. The molecule has 0 spiro atoms. The van der Waals surface area contributed by atoms with Crippen LogP contribution in [0.3, 0.4) is 0 Å². The van der Waals surface area contributed by atoms with Crippen LogP contribution in [-0.4, -0.2) is 38.6 Å². The van der Waals surface area contributed by atoms with Crippen LogP contribution in [0.2, 0.25) is 0 Å². The van der Waals surface area contributed by atoms with Gasteiger partial charge in [0, 0.05) is 19.3 Å². The van der Waals surface area contributed by atoms with Gasteiger partial charge in [0.05, 0.1) is 12.1 Å². The molecular weight excluding hydrogens is 356 g/mol. The van der Waals surface area contributed by atoms with Crippen molar-refractivity contribution in [3.63, 3.8) is 0 Å². The van der Waals surface area contributed by atoms with Crippen molar-refractivity contribution in [2.75, 3.05) is 25.5 Å². The third-order valence-corrected chi connectivity index (χ3v) is 3.72. The minimum absolute atomic E-state index is 0.0230. The van der Waals surface area contributed by atoms with Crippen LogP contribution in [0.1, 0.15) is 15.9 Å². The zero-order valence-electron chi connectivity index (χ0n) is 14.8. The number of benzene rings is 2. The highest BCUT2D eigenvalue weighted by atomic mass is 19.3. The van der Waals surface area contributed by atoms with Crippen molar-refractivity contribution in [2.45, 2.75) is 13.0 Å². The zero-order chi connectivity index (χ0) is 19.6. The average molecular weight is 377 g/mol. The van der Waals surface area contributed by atoms with Crippen LogP contribution < -0.4 is 20.7 Å². The molecule has 3 N–H and O–H groups in total. The van der Waals surface area contributed by atoms with Gasteiger partial charge in [-0.1, -0.05) is 24.3 Å². The maximum absolute atomic E-state index is 12.1. The van der Waals surface area contributed by atoms with Gasteiger partial charge in [-0.05, 0) is 36.2 Å². The summed E-state index contributed by atoms with van der Waals surface area (Å²) < 4.78 is 28.5. The maximum atomic E-state index is 12.1. The van der Waals surface area contributed by atoms with E-state index in [9.17, 15) is 18.4 Å². The molecule has 0 radical (unpaired) electrons. The number of amides is 2. The van der Waals surface area contributed by atoms with E-state index < -0.39 is 6.61 Å². The van der Waals surface area contributed by atoms with Gasteiger partial charge in [0.1, 0.15) is 5.75 Å². The number of ether oxygens (including phenoxy) is 1. The second kappa shape index (κ2) is 10.1. The molecule has 27 heavy (non-hydrogen) atoms. The number of nitrogens with one attached hydrogen (secondary N) is 3. The number of carbonyl (C=O) groups excluding carboxylic acids is 2. The number of alkyl halides is 2. The van der Waals surface area contributed by atoms with Gasteiger partial charge in [-0.3, -0.25) is 9.59 Å². The monoisotopic (exact) mass is 377 g/mol.